The maximum atomic E-state index is 5.87. The molecule has 0 unspecified atom stereocenters. The second-order valence-corrected chi connectivity index (χ2v) is 4.80. The Balaban J connectivity index is 2.33. The van der Waals surface area contributed by atoms with Gasteiger partial charge in [0, 0.05) is 6.54 Å². The van der Waals surface area contributed by atoms with Crippen molar-refractivity contribution in [2.75, 3.05) is 0 Å². The third-order valence-corrected chi connectivity index (χ3v) is 2.87. The molecule has 0 aliphatic heterocycles. The minimum atomic E-state index is -0.163. The van der Waals surface area contributed by atoms with E-state index in [1.165, 1.54) is 0 Å². The summed E-state index contributed by atoms with van der Waals surface area (Å²) in [6.45, 7) is 8.71. The number of nitrogens with two attached hydrogens (primary N) is 1. The molecule has 2 aromatic rings. The molecule has 2 rings (SSSR count). The fourth-order valence-corrected chi connectivity index (χ4v) is 2.11. The van der Waals surface area contributed by atoms with E-state index in [-0.39, 0.29) is 6.04 Å². The van der Waals surface area contributed by atoms with E-state index in [2.05, 4.69) is 16.3 Å². The number of ether oxygens (including phenoxy) is 1. The quantitative estimate of drug-likeness (QED) is 0.918. The van der Waals surface area contributed by atoms with Crippen molar-refractivity contribution in [1.82, 2.24) is 14.8 Å². The lowest BCUT2D eigenvalue weighted by Gasteiger charge is -2.10. The zero-order valence-electron chi connectivity index (χ0n) is 11.8. The van der Waals surface area contributed by atoms with E-state index in [0.29, 0.717) is 6.01 Å². The zero-order valence-corrected chi connectivity index (χ0v) is 11.8. The van der Waals surface area contributed by atoms with Crippen molar-refractivity contribution in [2.24, 2.45) is 5.73 Å². The van der Waals surface area contributed by atoms with Gasteiger partial charge in [-0.3, -0.25) is 4.57 Å². The topological polar surface area (TPSA) is 66.0 Å². The highest BCUT2D eigenvalue weighted by atomic mass is 16.5. The number of hydrogen-bond donors (Lipinski definition) is 1. The van der Waals surface area contributed by atoms with Crippen LogP contribution < -0.4 is 10.5 Å². The third kappa shape index (κ3) is 2.93. The molecule has 0 amide bonds. The number of aromatic nitrogens is 3. The molecule has 1 atom stereocenters. The largest absolute Gasteiger partial charge is 0.424 e. The van der Waals surface area contributed by atoms with Crippen LogP contribution in [0.5, 0.6) is 11.8 Å². The van der Waals surface area contributed by atoms with Crippen LogP contribution in [0.1, 0.15) is 36.8 Å². The average molecular weight is 260 g/mol. The van der Waals surface area contributed by atoms with Crippen LogP contribution in [-0.4, -0.2) is 14.8 Å². The van der Waals surface area contributed by atoms with Crippen LogP contribution in [0.25, 0.3) is 0 Å². The first-order chi connectivity index (χ1) is 9.01. The smallest absolute Gasteiger partial charge is 0.322 e. The van der Waals surface area contributed by atoms with Gasteiger partial charge in [0.2, 0.25) is 0 Å². The zero-order chi connectivity index (χ0) is 14.0. The Labute approximate surface area is 113 Å². The maximum absolute atomic E-state index is 5.87. The van der Waals surface area contributed by atoms with Crippen molar-refractivity contribution in [3.8, 4) is 11.8 Å². The minimum Gasteiger partial charge on any atom is -0.424 e. The van der Waals surface area contributed by atoms with E-state index in [0.717, 1.165) is 29.2 Å². The molecular weight excluding hydrogens is 240 g/mol. The standard InChI is InChI=1S/C14H20N4O/c1-5-18-13(11(4)15)16-17-14(18)19-12-7-9(2)6-10(3)8-12/h6-8,11H,5,15H2,1-4H3/t11-/m1/s1. The molecule has 1 heterocycles. The predicted molar refractivity (Wildman–Crippen MR) is 74.3 cm³/mol. The summed E-state index contributed by atoms with van der Waals surface area (Å²) in [5.74, 6) is 1.51. The van der Waals surface area contributed by atoms with E-state index >= 15 is 0 Å². The number of hydrogen-bond acceptors (Lipinski definition) is 4. The minimum absolute atomic E-state index is 0.163. The number of benzene rings is 1. The summed E-state index contributed by atoms with van der Waals surface area (Å²) in [5.41, 5.74) is 8.18. The van der Waals surface area contributed by atoms with Gasteiger partial charge in [-0.05, 0) is 51.0 Å². The molecule has 1 aromatic carbocycles. The van der Waals surface area contributed by atoms with Crippen molar-refractivity contribution in [3.05, 3.63) is 35.2 Å². The van der Waals surface area contributed by atoms with Gasteiger partial charge in [-0.15, -0.1) is 5.10 Å². The Morgan fingerprint density at radius 2 is 1.84 bits per heavy atom. The van der Waals surface area contributed by atoms with Crippen molar-refractivity contribution in [3.63, 3.8) is 0 Å². The van der Waals surface area contributed by atoms with Gasteiger partial charge in [-0.2, -0.15) is 0 Å². The van der Waals surface area contributed by atoms with Crippen molar-refractivity contribution >= 4 is 0 Å². The van der Waals surface area contributed by atoms with Gasteiger partial charge in [-0.25, -0.2) is 0 Å². The summed E-state index contributed by atoms with van der Waals surface area (Å²) in [7, 11) is 0. The maximum Gasteiger partial charge on any atom is 0.322 e. The first-order valence-corrected chi connectivity index (χ1v) is 6.46. The average Bonchev–Trinajstić information content (AvgIpc) is 2.70. The number of nitrogens with zero attached hydrogens (tertiary/aromatic N) is 3. The van der Waals surface area contributed by atoms with E-state index in [4.69, 9.17) is 10.5 Å². The van der Waals surface area contributed by atoms with Gasteiger partial charge in [0.15, 0.2) is 5.82 Å². The van der Waals surface area contributed by atoms with Crippen LogP contribution >= 0.6 is 0 Å². The van der Waals surface area contributed by atoms with Gasteiger partial charge >= 0.3 is 6.01 Å². The Morgan fingerprint density at radius 1 is 1.21 bits per heavy atom. The molecule has 1 aromatic heterocycles. The SMILES string of the molecule is CCn1c(Oc2cc(C)cc(C)c2)nnc1[C@@H](C)N. The van der Waals surface area contributed by atoms with Crippen LogP contribution in [0.4, 0.5) is 0 Å². The summed E-state index contributed by atoms with van der Waals surface area (Å²) in [4.78, 5) is 0. The first-order valence-electron chi connectivity index (χ1n) is 6.46. The molecule has 0 spiro atoms. The van der Waals surface area contributed by atoms with Crippen LogP contribution in [-0.2, 0) is 6.54 Å². The van der Waals surface area contributed by atoms with Gasteiger partial charge < -0.3 is 10.5 Å². The molecule has 102 valence electrons. The monoisotopic (exact) mass is 260 g/mol. The predicted octanol–water partition coefficient (Wildman–Crippen LogP) is 2.73. The molecule has 0 bridgehead atoms. The lowest BCUT2D eigenvalue weighted by molar-refractivity contribution is 0.408. The number of aryl methyl sites for hydroxylation is 2. The first kappa shape index (κ1) is 13.5. The second kappa shape index (κ2) is 5.40. The highest BCUT2D eigenvalue weighted by Crippen LogP contribution is 2.24. The molecule has 5 heteroatoms. The van der Waals surface area contributed by atoms with Gasteiger partial charge in [0.25, 0.3) is 0 Å². The van der Waals surface area contributed by atoms with E-state index in [9.17, 15) is 0 Å². The molecule has 0 aliphatic carbocycles. The fourth-order valence-electron chi connectivity index (χ4n) is 2.11. The lowest BCUT2D eigenvalue weighted by Crippen LogP contribution is -2.13. The summed E-state index contributed by atoms with van der Waals surface area (Å²) in [6, 6.07) is 6.38. The van der Waals surface area contributed by atoms with E-state index in [1.807, 2.05) is 44.4 Å². The summed E-state index contributed by atoms with van der Waals surface area (Å²) in [6.07, 6.45) is 0. The van der Waals surface area contributed by atoms with E-state index in [1.54, 1.807) is 0 Å². The van der Waals surface area contributed by atoms with Crippen LogP contribution in [0.15, 0.2) is 18.2 Å². The summed E-state index contributed by atoms with van der Waals surface area (Å²) in [5, 5.41) is 8.16. The third-order valence-electron chi connectivity index (χ3n) is 2.87. The van der Waals surface area contributed by atoms with Crippen molar-refractivity contribution < 1.29 is 4.74 Å². The van der Waals surface area contributed by atoms with E-state index < -0.39 is 0 Å². The highest BCUT2D eigenvalue weighted by molar-refractivity contribution is 5.34. The normalized spacial score (nSPS) is 12.5. The molecule has 0 aliphatic rings. The molecular formula is C14H20N4O. The molecule has 0 radical (unpaired) electrons. The number of rotatable bonds is 4. The molecule has 0 fully saturated rings. The van der Waals surface area contributed by atoms with Gasteiger partial charge in [0.1, 0.15) is 5.75 Å². The summed E-state index contributed by atoms with van der Waals surface area (Å²) >= 11 is 0. The van der Waals surface area contributed by atoms with Gasteiger partial charge in [-0.1, -0.05) is 11.2 Å². The highest BCUT2D eigenvalue weighted by Gasteiger charge is 2.15. The molecule has 19 heavy (non-hydrogen) atoms. The second-order valence-electron chi connectivity index (χ2n) is 4.80. The Hall–Kier alpha value is -1.88. The van der Waals surface area contributed by atoms with Crippen molar-refractivity contribution in [1.29, 1.82) is 0 Å². The Bertz CT molecular complexity index is 555. The van der Waals surface area contributed by atoms with Crippen molar-refractivity contribution in [2.45, 2.75) is 40.3 Å². The summed E-state index contributed by atoms with van der Waals surface area (Å²) < 4.78 is 7.72. The van der Waals surface area contributed by atoms with Gasteiger partial charge in [0.05, 0.1) is 6.04 Å². The fraction of sp³-hybridized carbons (Fsp3) is 0.429. The molecule has 5 nitrogen and oxygen atoms in total. The Kier molecular flexibility index (Phi) is 3.85. The molecule has 0 saturated carbocycles. The van der Waals surface area contributed by atoms with Crippen LogP contribution in [0.2, 0.25) is 0 Å². The molecule has 0 saturated heterocycles. The van der Waals surface area contributed by atoms with Crippen LogP contribution in [0.3, 0.4) is 0 Å². The lowest BCUT2D eigenvalue weighted by atomic mass is 10.1. The van der Waals surface area contributed by atoms with Crippen LogP contribution in [0, 0.1) is 13.8 Å². The Morgan fingerprint density at radius 3 is 2.37 bits per heavy atom. The molecule has 2 N–H and O–H groups in total.